The van der Waals surface area contributed by atoms with Crippen LogP contribution in [-0.2, 0) is 6.18 Å². The highest BCUT2D eigenvalue weighted by molar-refractivity contribution is 6.45. The van der Waals surface area contributed by atoms with E-state index in [1.54, 1.807) is 5.43 Å². The van der Waals surface area contributed by atoms with Crippen LogP contribution in [0, 0.1) is 28.4 Å². The molecule has 20 heavy (non-hydrogen) atoms. The minimum absolute atomic E-state index is 0.0634. The molecule has 106 valence electrons. The molecule has 0 fully saturated rings. The Kier molecular flexibility index (Phi) is 4.24. The van der Waals surface area contributed by atoms with Gasteiger partial charge in [0.25, 0.3) is 0 Å². The van der Waals surface area contributed by atoms with E-state index in [9.17, 15) is 22.0 Å². The molecule has 0 saturated carbocycles. The summed E-state index contributed by atoms with van der Waals surface area (Å²) in [5.74, 6) is -3.92. The minimum Gasteiger partial charge on any atom is -0.382 e. The molecule has 5 nitrogen and oxygen atoms in total. The molecule has 0 amide bonds. The van der Waals surface area contributed by atoms with Crippen LogP contribution in [0.3, 0.4) is 0 Å². The van der Waals surface area contributed by atoms with Crippen molar-refractivity contribution in [3.05, 3.63) is 29.3 Å². The lowest BCUT2D eigenvalue weighted by Crippen LogP contribution is -2.22. The first-order chi connectivity index (χ1) is 9.16. The monoisotopic (exact) mass is 291 g/mol. The maximum atomic E-state index is 13.2. The molecular formula is C10H6F5N5. The van der Waals surface area contributed by atoms with E-state index in [0.717, 1.165) is 0 Å². The quantitative estimate of drug-likeness (QED) is 0.344. The van der Waals surface area contributed by atoms with E-state index < -0.39 is 40.6 Å². The van der Waals surface area contributed by atoms with Crippen molar-refractivity contribution in [2.45, 2.75) is 6.18 Å². The highest BCUT2D eigenvalue weighted by Gasteiger charge is 2.37. The van der Waals surface area contributed by atoms with Gasteiger partial charge in [-0.2, -0.15) is 23.5 Å². The zero-order valence-corrected chi connectivity index (χ0v) is 9.52. The summed E-state index contributed by atoms with van der Waals surface area (Å²) in [6, 6.07) is 1.74. The first-order valence-corrected chi connectivity index (χ1v) is 4.81. The van der Waals surface area contributed by atoms with Gasteiger partial charge >= 0.3 is 6.18 Å². The lowest BCUT2D eigenvalue weighted by atomic mass is 10.1. The van der Waals surface area contributed by atoms with Crippen molar-refractivity contribution in [2.24, 2.45) is 10.8 Å². The number of hydrazone groups is 1. The molecule has 1 rings (SSSR count). The van der Waals surface area contributed by atoms with E-state index in [0.29, 0.717) is 6.07 Å². The Morgan fingerprint density at radius 1 is 1.35 bits per heavy atom. The number of nitriles is 1. The van der Waals surface area contributed by atoms with Crippen LogP contribution in [0.25, 0.3) is 0 Å². The Hall–Kier alpha value is -2.70. The lowest BCUT2D eigenvalue weighted by molar-refractivity contribution is -0.139. The van der Waals surface area contributed by atoms with Crippen molar-refractivity contribution in [1.82, 2.24) is 0 Å². The maximum Gasteiger partial charge on any atom is 0.421 e. The predicted octanol–water partition coefficient (Wildman–Crippen LogP) is 2.21. The van der Waals surface area contributed by atoms with Crippen molar-refractivity contribution in [1.29, 1.82) is 10.7 Å². The molecule has 0 spiro atoms. The first-order valence-electron chi connectivity index (χ1n) is 4.81. The van der Waals surface area contributed by atoms with Crippen LogP contribution < -0.4 is 11.2 Å². The number of amidine groups is 1. The summed E-state index contributed by atoms with van der Waals surface area (Å²) in [6.45, 7) is 0. The summed E-state index contributed by atoms with van der Waals surface area (Å²) in [4.78, 5) is 0. The lowest BCUT2D eigenvalue weighted by Gasteiger charge is -2.13. The van der Waals surface area contributed by atoms with Gasteiger partial charge in [0, 0.05) is 6.07 Å². The van der Waals surface area contributed by atoms with Crippen LogP contribution in [0.5, 0.6) is 0 Å². The van der Waals surface area contributed by atoms with Crippen molar-refractivity contribution in [3.8, 4) is 6.07 Å². The van der Waals surface area contributed by atoms with Gasteiger partial charge < -0.3 is 5.73 Å². The molecule has 0 bridgehead atoms. The second-order valence-electron chi connectivity index (χ2n) is 3.41. The Morgan fingerprint density at radius 3 is 2.40 bits per heavy atom. The Balaban J connectivity index is 3.32. The molecule has 0 heterocycles. The van der Waals surface area contributed by atoms with Gasteiger partial charge in [-0.25, -0.2) is 8.78 Å². The number of nitrogens with zero attached hydrogens (tertiary/aromatic N) is 2. The average molecular weight is 291 g/mol. The van der Waals surface area contributed by atoms with Gasteiger partial charge in [0.05, 0.1) is 5.69 Å². The molecular weight excluding hydrogens is 285 g/mol. The molecule has 0 saturated heterocycles. The summed E-state index contributed by atoms with van der Waals surface area (Å²) in [5.41, 5.74) is 3.05. The summed E-state index contributed by atoms with van der Waals surface area (Å²) in [6.07, 6.45) is -5.10. The van der Waals surface area contributed by atoms with E-state index in [-0.39, 0.29) is 6.07 Å². The molecule has 0 aliphatic rings. The minimum atomic E-state index is -5.10. The molecule has 1 aromatic rings. The van der Waals surface area contributed by atoms with Gasteiger partial charge in [0.2, 0.25) is 5.71 Å². The van der Waals surface area contributed by atoms with Gasteiger partial charge in [-0.1, -0.05) is 0 Å². The van der Waals surface area contributed by atoms with Gasteiger partial charge in [-0.15, -0.1) is 0 Å². The third kappa shape index (κ3) is 3.41. The fraction of sp³-hybridized carbons (Fsp3) is 0.100. The summed E-state index contributed by atoms with van der Waals surface area (Å²) in [5, 5.41) is 18.5. The van der Waals surface area contributed by atoms with Crippen molar-refractivity contribution in [3.63, 3.8) is 0 Å². The molecule has 0 radical (unpaired) electrons. The van der Waals surface area contributed by atoms with Crippen LogP contribution in [0.4, 0.5) is 27.6 Å². The zero-order valence-electron chi connectivity index (χ0n) is 9.52. The average Bonchev–Trinajstić information content (AvgIpc) is 2.26. The molecule has 0 aliphatic carbocycles. The van der Waals surface area contributed by atoms with Crippen LogP contribution in [0.2, 0.25) is 0 Å². The molecule has 10 heteroatoms. The number of nitrogens with two attached hydrogens (primary N) is 1. The topological polar surface area (TPSA) is 98.0 Å². The number of anilines is 1. The van der Waals surface area contributed by atoms with Crippen LogP contribution in [0.15, 0.2) is 17.2 Å². The molecule has 0 aliphatic heterocycles. The van der Waals surface area contributed by atoms with Gasteiger partial charge in [-0.05, 0) is 6.07 Å². The normalized spacial score (nSPS) is 11.9. The number of nitrogens with one attached hydrogen (secondary N) is 2. The van der Waals surface area contributed by atoms with Crippen molar-refractivity contribution < 1.29 is 22.0 Å². The summed E-state index contributed by atoms with van der Waals surface area (Å²) in [7, 11) is 0. The first kappa shape index (κ1) is 15.4. The number of halogens is 5. The highest BCUT2D eigenvalue weighted by Crippen LogP contribution is 2.37. The fourth-order valence-electron chi connectivity index (χ4n) is 1.21. The number of hydrogen-bond donors (Lipinski definition) is 3. The second kappa shape index (κ2) is 5.52. The van der Waals surface area contributed by atoms with Gasteiger partial charge in [0.1, 0.15) is 23.3 Å². The van der Waals surface area contributed by atoms with Gasteiger partial charge in [-0.3, -0.25) is 10.8 Å². The third-order valence-electron chi connectivity index (χ3n) is 1.99. The largest absolute Gasteiger partial charge is 0.421 e. The van der Waals surface area contributed by atoms with Crippen LogP contribution in [-0.4, -0.2) is 11.5 Å². The van der Waals surface area contributed by atoms with E-state index in [1.807, 2.05) is 0 Å². The van der Waals surface area contributed by atoms with E-state index >= 15 is 0 Å². The predicted molar refractivity (Wildman–Crippen MR) is 59.9 cm³/mol. The number of alkyl halides is 3. The molecule has 0 atom stereocenters. The SMILES string of the molecule is N#C/C(=N\Nc1cc(F)cc(F)c1C(F)(F)F)C(=N)N. The zero-order chi connectivity index (χ0) is 15.5. The highest BCUT2D eigenvalue weighted by atomic mass is 19.4. The second-order valence-corrected chi connectivity index (χ2v) is 3.41. The van der Waals surface area contributed by atoms with E-state index in [4.69, 9.17) is 16.4 Å². The summed E-state index contributed by atoms with van der Waals surface area (Å²) < 4.78 is 64.0. The standard InChI is InChI=1S/C10H6F5N5/c11-4-1-5(12)8(10(13,14)15)6(2-4)19-20-7(3-16)9(17)18/h1-2,19H,(H3,17,18)/b20-7+. The molecule has 1 aromatic carbocycles. The third-order valence-corrected chi connectivity index (χ3v) is 1.99. The van der Waals surface area contributed by atoms with Crippen molar-refractivity contribution >= 4 is 17.2 Å². The Morgan fingerprint density at radius 2 is 1.95 bits per heavy atom. The van der Waals surface area contributed by atoms with Crippen molar-refractivity contribution in [2.75, 3.05) is 5.43 Å². The Bertz CT molecular complexity index is 614. The number of hydrogen-bond acceptors (Lipinski definition) is 4. The van der Waals surface area contributed by atoms with E-state index in [1.165, 1.54) is 6.07 Å². The Labute approximate surface area is 109 Å². The number of benzene rings is 1. The number of rotatable bonds is 3. The maximum absolute atomic E-state index is 13.2. The van der Waals surface area contributed by atoms with E-state index in [2.05, 4.69) is 5.10 Å². The molecule has 0 aromatic heterocycles. The molecule has 0 unspecified atom stereocenters. The smallest absolute Gasteiger partial charge is 0.382 e. The molecule has 4 N–H and O–H groups in total. The van der Waals surface area contributed by atoms with Gasteiger partial charge in [0.15, 0.2) is 5.84 Å². The summed E-state index contributed by atoms with van der Waals surface area (Å²) >= 11 is 0. The van der Waals surface area contributed by atoms with Crippen LogP contribution >= 0.6 is 0 Å². The fourth-order valence-corrected chi connectivity index (χ4v) is 1.21. The van der Waals surface area contributed by atoms with Crippen LogP contribution in [0.1, 0.15) is 5.56 Å².